The Morgan fingerprint density at radius 1 is 1.17 bits per heavy atom. The molecule has 0 aromatic carbocycles. The van der Waals surface area contributed by atoms with Gasteiger partial charge >= 0.3 is 0 Å². The molecule has 0 atom stereocenters. The fourth-order valence-electron chi connectivity index (χ4n) is 0. The van der Waals surface area contributed by atoms with Crippen molar-refractivity contribution in [2.45, 2.75) is 0 Å². The summed E-state index contributed by atoms with van der Waals surface area (Å²) in [6.45, 7) is 0. The fraction of sp³-hybridized carbons (Fsp3) is 0. The van der Waals surface area contributed by atoms with Gasteiger partial charge in [0.2, 0.25) is 0 Å². The molecule has 6 heavy (non-hydrogen) atoms. The van der Waals surface area contributed by atoms with Crippen molar-refractivity contribution < 1.29 is 8.42 Å². The molecule has 0 saturated carbocycles. The van der Waals surface area contributed by atoms with E-state index in [9.17, 15) is 8.42 Å². The minimum atomic E-state index is -3.67. The van der Waals surface area contributed by atoms with Crippen molar-refractivity contribution in [2.24, 2.45) is 10.3 Å². The Morgan fingerprint density at radius 3 is 1.17 bits per heavy atom. The van der Waals surface area contributed by atoms with E-state index in [-0.39, 0.29) is 51.4 Å². The Bertz CT molecular complexity index is 94.7. The van der Waals surface area contributed by atoms with Gasteiger partial charge in [-0.05, 0) is 0 Å². The average molecular weight is 135 g/mol. The minimum Gasteiger partial charge on any atom is -0.216 e. The molecular formula is H4KN2O2S. The molecule has 0 saturated heterocycles. The van der Waals surface area contributed by atoms with Crippen LogP contribution in [0, 0.1) is 0 Å². The minimum absolute atomic E-state index is 0. The van der Waals surface area contributed by atoms with Gasteiger partial charge in [0.1, 0.15) is 0 Å². The molecule has 0 amide bonds. The topological polar surface area (TPSA) is 86.2 Å². The Labute approximate surface area is 78.9 Å². The van der Waals surface area contributed by atoms with Crippen LogP contribution in [0.3, 0.4) is 0 Å². The van der Waals surface area contributed by atoms with Crippen molar-refractivity contribution in [3.8, 4) is 0 Å². The predicted octanol–water partition coefficient (Wildman–Crippen LogP) is -2.23. The van der Waals surface area contributed by atoms with E-state index in [0.29, 0.717) is 0 Å². The molecule has 0 rings (SSSR count). The fourth-order valence-corrected chi connectivity index (χ4v) is 0. The zero-order valence-electron chi connectivity index (χ0n) is 3.38. The molecule has 0 heterocycles. The zero-order valence-corrected chi connectivity index (χ0v) is 7.32. The van der Waals surface area contributed by atoms with Gasteiger partial charge in [-0.15, -0.1) is 0 Å². The Balaban J connectivity index is 0. The van der Waals surface area contributed by atoms with Gasteiger partial charge in [0, 0.05) is 51.4 Å². The number of rotatable bonds is 0. The monoisotopic (exact) mass is 135 g/mol. The van der Waals surface area contributed by atoms with E-state index in [1.165, 1.54) is 0 Å². The summed E-state index contributed by atoms with van der Waals surface area (Å²) in [5.74, 6) is 0. The first-order chi connectivity index (χ1) is 2.00. The van der Waals surface area contributed by atoms with Crippen LogP contribution in [0.25, 0.3) is 0 Å². The van der Waals surface area contributed by atoms with Gasteiger partial charge in [-0.3, -0.25) is 0 Å². The molecule has 0 aliphatic heterocycles. The van der Waals surface area contributed by atoms with Crippen LogP contribution >= 0.6 is 0 Å². The molecule has 0 aromatic rings. The molecule has 33 valence electrons. The van der Waals surface area contributed by atoms with Gasteiger partial charge < -0.3 is 0 Å². The van der Waals surface area contributed by atoms with E-state index in [1.807, 2.05) is 0 Å². The number of hydrogen-bond acceptors (Lipinski definition) is 2. The van der Waals surface area contributed by atoms with E-state index in [4.69, 9.17) is 0 Å². The molecule has 0 aromatic heterocycles. The third kappa shape index (κ3) is 49.3. The molecule has 4 N–H and O–H groups in total. The first-order valence-corrected chi connectivity index (χ1v) is 2.41. The molecule has 0 unspecified atom stereocenters. The van der Waals surface area contributed by atoms with E-state index in [0.717, 1.165) is 0 Å². The van der Waals surface area contributed by atoms with E-state index in [1.54, 1.807) is 0 Å². The van der Waals surface area contributed by atoms with Crippen LogP contribution in [-0.4, -0.2) is 59.8 Å². The second kappa shape index (κ2) is 3.50. The second-order valence-corrected chi connectivity index (χ2v) is 1.77. The second-order valence-electron chi connectivity index (χ2n) is 0.589. The molecule has 0 fully saturated rings. The molecule has 0 aliphatic rings. The normalized spacial score (nSPS) is 9.67. The summed E-state index contributed by atoms with van der Waals surface area (Å²) in [5.41, 5.74) is 0. The zero-order chi connectivity index (χ0) is 4.50. The van der Waals surface area contributed by atoms with Gasteiger partial charge in [0.15, 0.2) is 0 Å². The number of hydrogen-bond donors (Lipinski definition) is 2. The van der Waals surface area contributed by atoms with Crippen molar-refractivity contribution in [1.29, 1.82) is 0 Å². The quantitative estimate of drug-likeness (QED) is 0.368. The van der Waals surface area contributed by atoms with E-state index >= 15 is 0 Å². The summed E-state index contributed by atoms with van der Waals surface area (Å²) in [5, 5.41) is 8.21. The summed E-state index contributed by atoms with van der Waals surface area (Å²) >= 11 is 0. The van der Waals surface area contributed by atoms with Crippen LogP contribution in [0.1, 0.15) is 0 Å². The largest absolute Gasteiger partial charge is 0.271 e. The third-order valence-corrected chi connectivity index (χ3v) is 0. The maximum atomic E-state index is 9.19. The van der Waals surface area contributed by atoms with Crippen LogP contribution in [0.5, 0.6) is 0 Å². The SMILES string of the molecule is NS(N)(=O)=O.[K]. The third-order valence-electron chi connectivity index (χ3n) is 0. The van der Waals surface area contributed by atoms with Gasteiger partial charge in [0.05, 0.1) is 0 Å². The number of nitrogens with two attached hydrogens (primary N) is 2. The first kappa shape index (κ1) is 10.5. The summed E-state index contributed by atoms with van der Waals surface area (Å²) in [6.07, 6.45) is 0. The Hall–Kier alpha value is 1.51. The van der Waals surface area contributed by atoms with Crippen molar-refractivity contribution >= 4 is 61.6 Å². The van der Waals surface area contributed by atoms with Gasteiger partial charge in [0.25, 0.3) is 10.2 Å². The standard InChI is InChI=1S/K.H4N2O2S/c;1-5(2,3)4/h;(H4,1,2,3,4). The molecule has 0 bridgehead atoms. The smallest absolute Gasteiger partial charge is 0.216 e. The molecule has 6 heteroatoms. The van der Waals surface area contributed by atoms with Crippen LogP contribution in [0.4, 0.5) is 0 Å². The molecule has 1 radical (unpaired) electrons. The van der Waals surface area contributed by atoms with Crippen molar-refractivity contribution in [2.75, 3.05) is 0 Å². The van der Waals surface area contributed by atoms with Crippen LogP contribution in [0.2, 0.25) is 0 Å². The van der Waals surface area contributed by atoms with Crippen LogP contribution in [0.15, 0.2) is 0 Å². The molecule has 0 aliphatic carbocycles. The van der Waals surface area contributed by atoms with E-state index < -0.39 is 10.2 Å². The summed E-state index contributed by atoms with van der Waals surface area (Å²) < 4.78 is 18.4. The van der Waals surface area contributed by atoms with E-state index in [2.05, 4.69) is 10.3 Å². The van der Waals surface area contributed by atoms with Crippen molar-refractivity contribution in [1.82, 2.24) is 0 Å². The van der Waals surface area contributed by atoms with Crippen molar-refractivity contribution in [3.63, 3.8) is 0 Å². The maximum absolute atomic E-state index is 9.19. The van der Waals surface area contributed by atoms with Crippen LogP contribution < -0.4 is 10.3 Å². The Morgan fingerprint density at radius 2 is 1.17 bits per heavy atom. The molecule has 4 nitrogen and oxygen atoms in total. The molecule has 0 spiro atoms. The van der Waals surface area contributed by atoms with Gasteiger partial charge in [-0.25, -0.2) is 10.3 Å². The molecular weight excluding hydrogens is 131 g/mol. The predicted molar refractivity (Wildman–Crippen MR) is 23.0 cm³/mol. The van der Waals surface area contributed by atoms with Crippen molar-refractivity contribution in [3.05, 3.63) is 0 Å². The Kier molecular flexibility index (Phi) is 6.12. The summed E-state index contributed by atoms with van der Waals surface area (Å²) in [7, 11) is -3.67. The van der Waals surface area contributed by atoms with Crippen LogP contribution in [-0.2, 0) is 10.2 Å². The van der Waals surface area contributed by atoms with Gasteiger partial charge in [-0.1, -0.05) is 0 Å². The summed E-state index contributed by atoms with van der Waals surface area (Å²) in [6, 6.07) is 0. The van der Waals surface area contributed by atoms with Gasteiger partial charge in [-0.2, -0.15) is 8.42 Å². The first-order valence-electron chi connectivity index (χ1n) is 0.805. The maximum Gasteiger partial charge on any atom is 0.271 e. The summed E-state index contributed by atoms with van der Waals surface area (Å²) in [4.78, 5) is 0. The average Bonchev–Trinajstić information content (AvgIpc) is 0.722.